The fraction of sp³-hybridized carbons (Fsp3) is 0. The van der Waals surface area contributed by atoms with Crippen LogP contribution in [-0.2, 0) is 0 Å². The van der Waals surface area contributed by atoms with Crippen LogP contribution in [0.25, 0.3) is 55.8 Å². The third-order valence-corrected chi connectivity index (χ3v) is 6.91. The Balaban J connectivity index is 1.59. The van der Waals surface area contributed by atoms with Crippen molar-refractivity contribution in [3.8, 4) is 44.8 Å². The highest BCUT2D eigenvalue weighted by Gasteiger charge is 2.31. The quantitative estimate of drug-likeness (QED) is 0.281. The predicted octanol–water partition coefficient (Wildman–Crippen LogP) is 6.46. The molecule has 3 aromatic carbocycles. The molecule has 4 heterocycles. The second-order valence-corrected chi connectivity index (χ2v) is 8.94. The Kier molecular flexibility index (Phi) is 4.42. The van der Waals surface area contributed by atoms with Crippen molar-refractivity contribution in [2.75, 3.05) is 0 Å². The van der Waals surface area contributed by atoms with Gasteiger partial charge in [-0.15, -0.1) is 0 Å². The lowest BCUT2D eigenvalue weighted by Gasteiger charge is -2.16. The molecule has 0 saturated carbocycles. The van der Waals surface area contributed by atoms with Crippen LogP contribution >= 0.6 is 0 Å². The minimum Gasteiger partial charge on any atom is -0.316 e. The molecule has 170 valence electrons. The van der Waals surface area contributed by atoms with Gasteiger partial charge in [0, 0.05) is 34.6 Å². The monoisotopic (exact) mass is 464 g/mol. The van der Waals surface area contributed by atoms with E-state index in [0.717, 1.165) is 44.7 Å². The molecule has 0 unspecified atom stereocenters. The van der Waals surface area contributed by atoms with Gasteiger partial charge in [0.25, 0.3) is 0 Å². The van der Waals surface area contributed by atoms with E-state index in [0.29, 0.717) is 11.1 Å². The van der Waals surface area contributed by atoms with E-state index in [1.807, 2.05) is 118 Å². The van der Waals surface area contributed by atoms with Gasteiger partial charge in [0.15, 0.2) is 0 Å². The van der Waals surface area contributed by atoms with Crippen LogP contribution in [0.5, 0.6) is 0 Å². The summed E-state index contributed by atoms with van der Waals surface area (Å²) < 4.78 is 4.03. The Hall–Kier alpha value is -4.96. The SMILES string of the molecule is O=c1c(-c2c(-c3ccccc3)cc3ccccn23)c(-c2c(-c3ccccc3)cc3ccccn23)c1=O. The largest absolute Gasteiger partial charge is 0.316 e. The van der Waals surface area contributed by atoms with Crippen molar-refractivity contribution >= 4 is 11.0 Å². The van der Waals surface area contributed by atoms with Gasteiger partial charge in [-0.2, -0.15) is 0 Å². The van der Waals surface area contributed by atoms with Crippen LogP contribution in [0.1, 0.15) is 0 Å². The lowest BCUT2D eigenvalue weighted by atomic mass is 9.89. The molecule has 7 rings (SSSR count). The number of benzene rings is 2. The van der Waals surface area contributed by atoms with Gasteiger partial charge in [0.2, 0.25) is 10.9 Å². The summed E-state index contributed by atoms with van der Waals surface area (Å²) in [5, 5.41) is 0. The van der Waals surface area contributed by atoms with E-state index in [1.165, 1.54) is 0 Å². The predicted molar refractivity (Wildman–Crippen MR) is 145 cm³/mol. The Morgan fingerprint density at radius 3 is 1.25 bits per heavy atom. The first-order chi connectivity index (χ1) is 17.7. The fourth-order valence-electron chi connectivity index (χ4n) is 5.28. The fourth-order valence-corrected chi connectivity index (χ4v) is 5.28. The molecule has 36 heavy (non-hydrogen) atoms. The second kappa shape index (κ2) is 7.79. The Bertz CT molecular complexity index is 1820. The summed E-state index contributed by atoms with van der Waals surface area (Å²) in [6.45, 7) is 0. The summed E-state index contributed by atoms with van der Waals surface area (Å²) in [6, 6.07) is 36.1. The van der Waals surface area contributed by atoms with Gasteiger partial charge in [-0.1, -0.05) is 72.8 Å². The average Bonchev–Trinajstić information content (AvgIpc) is 3.51. The Morgan fingerprint density at radius 2 is 0.833 bits per heavy atom. The first-order valence-corrected chi connectivity index (χ1v) is 11.9. The van der Waals surface area contributed by atoms with Crippen LogP contribution in [0.3, 0.4) is 0 Å². The zero-order valence-corrected chi connectivity index (χ0v) is 19.3. The van der Waals surface area contributed by atoms with Crippen molar-refractivity contribution in [3.63, 3.8) is 0 Å². The minimum atomic E-state index is -0.448. The first kappa shape index (κ1) is 20.4. The summed E-state index contributed by atoms with van der Waals surface area (Å²) >= 11 is 0. The second-order valence-electron chi connectivity index (χ2n) is 8.94. The molecule has 0 N–H and O–H groups in total. The van der Waals surface area contributed by atoms with Gasteiger partial charge >= 0.3 is 0 Å². The summed E-state index contributed by atoms with van der Waals surface area (Å²) in [4.78, 5) is 26.7. The highest BCUT2D eigenvalue weighted by atomic mass is 16.2. The molecule has 4 nitrogen and oxygen atoms in total. The normalized spacial score (nSPS) is 11.6. The Labute approximate surface area is 206 Å². The van der Waals surface area contributed by atoms with Crippen molar-refractivity contribution in [1.82, 2.24) is 8.80 Å². The number of aromatic nitrogens is 2. The van der Waals surface area contributed by atoms with Crippen LogP contribution in [0, 0.1) is 0 Å². The van der Waals surface area contributed by atoms with Crippen molar-refractivity contribution < 1.29 is 0 Å². The van der Waals surface area contributed by atoms with Crippen molar-refractivity contribution in [2.45, 2.75) is 0 Å². The van der Waals surface area contributed by atoms with Gasteiger partial charge < -0.3 is 8.80 Å². The molecular weight excluding hydrogens is 444 g/mol. The molecular formula is C32H20N2O2. The van der Waals surface area contributed by atoms with E-state index >= 15 is 0 Å². The molecule has 4 heteroatoms. The average molecular weight is 465 g/mol. The summed E-state index contributed by atoms with van der Waals surface area (Å²) in [6.07, 6.45) is 3.90. The van der Waals surface area contributed by atoms with Crippen LogP contribution in [0.2, 0.25) is 0 Å². The van der Waals surface area contributed by atoms with Crippen molar-refractivity contribution in [1.29, 1.82) is 0 Å². The highest BCUT2D eigenvalue weighted by Crippen LogP contribution is 2.42. The number of pyridine rings is 2. The van der Waals surface area contributed by atoms with Gasteiger partial charge in [0.05, 0.1) is 22.5 Å². The number of hydrogen-bond acceptors (Lipinski definition) is 2. The third-order valence-electron chi connectivity index (χ3n) is 6.91. The number of nitrogens with zero attached hydrogens (tertiary/aromatic N) is 2. The lowest BCUT2D eigenvalue weighted by molar-refractivity contribution is 1.16. The zero-order chi connectivity index (χ0) is 24.2. The smallest absolute Gasteiger partial charge is 0.236 e. The minimum absolute atomic E-state index is 0.448. The molecule has 0 bridgehead atoms. The van der Waals surface area contributed by atoms with Crippen LogP contribution in [0.4, 0.5) is 0 Å². The van der Waals surface area contributed by atoms with Crippen LogP contribution in [0.15, 0.2) is 131 Å². The molecule has 4 aromatic heterocycles. The zero-order valence-electron chi connectivity index (χ0n) is 19.3. The Morgan fingerprint density at radius 1 is 0.444 bits per heavy atom. The molecule has 0 radical (unpaired) electrons. The van der Waals surface area contributed by atoms with E-state index < -0.39 is 10.9 Å². The summed E-state index contributed by atoms with van der Waals surface area (Å²) in [5.41, 5.74) is 7.32. The van der Waals surface area contributed by atoms with Gasteiger partial charge in [-0.3, -0.25) is 9.59 Å². The molecule has 0 aliphatic heterocycles. The maximum atomic E-state index is 13.3. The van der Waals surface area contributed by atoms with Gasteiger partial charge in [0.1, 0.15) is 0 Å². The van der Waals surface area contributed by atoms with Gasteiger partial charge in [-0.25, -0.2) is 0 Å². The van der Waals surface area contributed by atoms with E-state index in [2.05, 4.69) is 12.1 Å². The number of rotatable bonds is 4. The van der Waals surface area contributed by atoms with Crippen LogP contribution in [-0.4, -0.2) is 8.80 Å². The van der Waals surface area contributed by atoms with E-state index in [9.17, 15) is 9.59 Å². The third kappa shape index (κ3) is 2.88. The number of fused-ring (bicyclic) bond motifs is 2. The van der Waals surface area contributed by atoms with E-state index in [1.54, 1.807) is 0 Å². The van der Waals surface area contributed by atoms with E-state index in [-0.39, 0.29) is 0 Å². The first-order valence-electron chi connectivity index (χ1n) is 11.9. The molecule has 0 aliphatic rings. The standard InChI is InChI=1S/C32H20N2O2/c35-31-27(29-25(21-11-3-1-4-12-21)19-23-15-7-9-17-33(23)29)28(32(31)36)30-26(22-13-5-2-6-14-22)20-24-16-8-10-18-34(24)30/h1-20H. The van der Waals surface area contributed by atoms with Crippen molar-refractivity contribution in [3.05, 3.63) is 142 Å². The molecule has 7 aromatic rings. The molecule has 0 aliphatic carbocycles. The highest BCUT2D eigenvalue weighted by molar-refractivity contribution is 5.99. The maximum absolute atomic E-state index is 13.3. The molecule has 0 spiro atoms. The number of hydrogen-bond donors (Lipinski definition) is 0. The van der Waals surface area contributed by atoms with E-state index in [4.69, 9.17) is 0 Å². The lowest BCUT2D eigenvalue weighted by Crippen LogP contribution is -2.36. The summed E-state index contributed by atoms with van der Waals surface area (Å²) in [5.74, 6) is 0. The van der Waals surface area contributed by atoms with Crippen molar-refractivity contribution in [2.24, 2.45) is 0 Å². The summed E-state index contributed by atoms with van der Waals surface area (Å²) in [7, 11) is 0. The molecule has 0 amide bonds. The molecule has 0 fully saturated rings. The van der Waals surface area contributed by atoms with Crippen LogP contribution < -0.4 is 10.9 Å². The maximum Gasteiger partial charge on any atom is 0.236 e. The topological polar surface area (TPSA) is 43.0 Å². The molecule has 0 saturated heterocycles. The molecule has 0 atom stereocenters. The van der Waals surface area contributed by atoms with Gasteiger partial charge in [-0.05, 0) is 47.5 Å².